The van der Waals surface area contributed by atoms with Gasteiger partial charge in [0.1, 0.15) is 11.5 Å². The normalized spacial score (nSPS) is 14.4. The van der Waals surface area contributed by atoms with Crippen LogP contribution in [-0.4, -0.2) is 18.8 Å². The summed E-state index contributed by atoms with van der Waals surface area (Å²) >= 11 is 0. The van der Waals surface area contributed by atoms with Crippen LogP contribution >= 0.6 is 0 Å². The summed E-state index contributed by atoms with van der Waals surface area (Å²) in [5, 5.41) is 10.1. The van der Waals surface area contributed by atoms with Gasteiger partial charge in [-0.2, -0.15) is 0 Å². The fourth-order valence-corrected chi connectivity index (χ4v) is 2.95. The first-order valence-corrected chi connectivity index (χ1v) is 7.46. The second-order valence-corrected chi connectivity index (χ2v) is 5.50. The summed E-state index contributed by atoms with van der Waals surface area (Å²) in [6.07, 6.45) is 3.54. The standard InChI is InChI=1S/C18H21NO2/c1-21-16-9-10-18(20)15(12-16)13-19-11-5-4-7-14-6-2-3-8-17(14)19/h2-3,6,8-10,12,20H,4-5,7,11,13H2,1H3. The lowest BCUT2D eigenvalue weighted by Gasteiger charge is -2.25. The zero-order valence-electron chi connectivity index (χ0n) is 12.4. The zero-order chi connectivity index (χ0) is 14.7. The van der Waals surface area contributed by atoms with Crippen molar-refractivity contribution in [3.05, 3.63) is 53.6 Å². The lowest BCUT2D eigenvalue weighted by Crippen LogP contribution is -2.23. The first-order chi connectivity index (χ1) is 10.3. The van der Waals surface area contributed by atoms with E-state index in [2.05, 4.69) is 29.2 Å². The Bertz CT molecular complexity index is 624. The molecule has 0 unspecified atom stereocenters. The number of phenolic OH excluding ortho intramolecular Hbond substituents is 1. The molecule has 0 aliphatic carbocycles. The van der Waals surface area contributed by atoms with E-state index in [1.807, 2.05) is 6.07 Å². The third kappa shape index (κ3) is 2.97. The van der Waals surface area contributed by atoms with Gasteiger partial charge >= 0.3 is 0 Å². The average Bonchev–Trinajstić information content (AvgIpc) is 2.72. The van der Waals surface area contributed by atoms with Crippen LogP contribution in [0.2, 0.25) is 0 Å². The predicted octanol–water partition coefficient (Wildman–Crippen LogP) is 3.74. The smallest absolute Gasteiger partial charge is 0.120 e. The number of hydrogen-bond acceptors (Lipinski definition) is 3. The first-order valence-electron chi connectivity index (χ1n) is 7.46. The topological polar surface area (TPSA) is 32.7 Å². The summed E-state index contributed by atoms with van der Waals surface area (Å²) in [7, 11) is 1.65. The quantitative estimate of drug-likeness (QED) is 0.931. The summed E-state index contributed by atoms with van der Waals surface area (Å²) in [6, 6.07) is 14.0. The molecule has 0 spiro atoms. The Kier molecular flexibility index (Phi) is 4.00. The number of para-hydroxylation sites is 1. The number of benzene rings is 2. The predicted molar refractivity (Wildman–Crippen MR) is 85.1 cm³/mol. The molecule has 2 aromatic carbocycles. The van der Waals surface area contributed by atoms with Crippen molar-refractivity contribution in [2.75, 3.05) is 18.6 Å². The molecule has 0 aromatic heterocycles. The van der Waals surface area contributed by atoms with E-state index in [0.717, 1.165) is 24.3 Å². The highest BCUT2D eigenvalue weighted by atomic mass is 16.5. The SMILES string of the molecule is COc1ccc(O)c(CN2CCCCc3ccccc32)c1. The van der Waals surface area contributed by atoms with Crippen LogP contribution in [0.3, 0.4) is 0 Å². The van der Waals surface area contributed by atoms with Crippen molar-refractivity contribution in [3.8, 4) is 11.5 Å². The van der Waals surface area contributed by atoms with Gasteiger partial charge in [-0.15, -0.1) is 0 Å². The lowest BCUT2D eigenvalue weighted by atomic mass is 10.1. The summed E-state index contributed by atoms with van der Waals surface area (Å²) in [5.41, 5.74) is 3.60. The van der Waals surface area contributed by atoms with Crippen LogP contribution < -0.4 is 9.64 Å². The van der Waals surface area contributed by atoms with Crippen molar-refractivity contribution in [1.29, 1.82) is 0 Å². The Morgan fingerprint density at radius 3 is 2.86 bits per heavy atom. The van der Waals surface area contributed by atoms with E-state index >= 15 is 0 Å². The summed E-state index contributed by atoms with van der Waals surface area (Å²) < 4.78 is 5.26. The molecule has 110 valence electrons. The van der Waals surface area contributed by atoms with E-state index in [4.69, 9.17) is 4.74 Å². The fourth-order valence-electron chi connectivity index (χ4n) is 2.95. The van der Waals surface area contributed by atoms with Gasteiger partial charge in [0.2, 0.25) is 0 Å². The van der Waals surface area contributed by atoms with Crippen molar-refractivity contribution < 1.29 is 9.84 Å². The maximum absolute atomic E-state index is 10.1. The molecule has 3 nitrogen and oxygen atoms in total. The maximum Gasteiger partial charge on any atom is 0.120 e. The van der Waals surface area contributed by atoms with Crippen molar-refractivity contribution in [1.82, 2.24) is 0 Å². The van der Waals surface area contributed by atoms with Crippen molar-refractivity contribution >= 4 is 5.69 Å². The molecule has 0 fully saturated rings. The maximum atomic E-state index is 10.1. The summed E-state index contributed by atoms with van der Waals surface area (Å²) in [6.45, 7) is 1.73. The van der Waals surface area contributed by atoms with E-state index in [-0.39, 0.29) is 0 Å². The van der Waals surface area contributed by atoms with Crippen LogP contribution in [0.1, 0.15) is 24.0 Å². The lowest BCUT2D eigenvalue weighted by molar-refractivity contribution is 0.410. The van der Waals surface area contributed by atoms with Gasteiger partial charge in [-0.3, -0.25) is 0 Å². The molecule has 1 heterocycles. The van der Waals surface area contributed by atoms with Gasteiger partial charge in [-0.1, -0.05) is 18.2 Å². The number of fused-ring (bicyclic) bond motifs is 1. The number of hydrogen-bond donors (Lipinski definition) is 1. The number of rotatable bonds is 3. The molecule has 0 radical (unpaired) electrons. The van der Waals surface area contributed by atoms with Crippen molar-refractivity contribution in [2.45, 2.75) is 25.8 Å². The molecule has 1 aliphatic rings. The minimum absolute atomic E-state index is 0.331. The number of aromatic hydroxyl groups is 1. The molecular formula is C18H21NO2. The van der Waals surface area contributed by atoms with E-state index < -0.39 is 0 Å². The van der Waals surface area contributed by atoms with Gasteiger partial charge in [-0.25, -0.2) is 0 Å². The van der Waals surface area contributed by atoms with E-state index in [1.54, 1.807) is 19.2 Å². The number of nitrogens with zero attached hydrogens (tertiary/aromatic N) is 1. The highest BCUT2D eigenvalue weighted by Crippen LogP contribution is 2.30. The highest BCUT2D eigenvalue weighted by molar-refractivity contribution is 5.55. The number of phenols is 1. The largest absolute Gasteiger partial charge is 0.508 e. The minimum atomic E-state index is 0.331. The van der Waals surface area contributed by atoms with Crippen LogP contribution in [0.25, 0.3) is 0 Å². The first kappa shape index (κ1) is 13.8. The number of anilines is 1. The third-order valence-electron chi connectivity index (χ3n) is 4.10. The van der Waals surface area contributed by atoms with Crippen LogP contribution in [0.15, 0.2) is 42.5 Å². The van der Waals surface area contributed by atoms with Gasteiger partial charge in [0.05, 0.1) is 7.11 Å². The summed E-state index contributed by atoms with van der Waals surface area (Å²) in [4.78, 5) is 2.36. The van der Waals surface area contributed by atoms with Crippen LogP contribution in [0.5, 0.6) is 11.5 Å². The summed E-state index contributed by atoms with van der Waals surface area (Å²) in [5.74, 6) is 1.11. The Morgan fingerprint density at radius 1 is 1.14 bits per heavy atom. The number of ether oxygens (including phenoxy) is 1. The molecule has 0 atom stereocenters. The molecule has 2 aromatic rings. The minimum Gasteiger partial charge on any atom is -0.508 e. The molecule has 0 saturated carbocycles. The van der Waals surface area contributed by atoms with E-state index in [9.17, 15) is 5.11 Å². The Labute approximate surface area is 125 Å². The van der Waals surface area contributed by atoms with Crippen LogP contribution in [-0.2, 0) is 13.0 Å². The second-order valence-electron chi connectivity index (χ2n) is 5.50. The molecule has 3 heteroatoms. The van der Waals surface area contributed by atoms with Gasteiger partial charge in [-0.05, 0) is 49.1 Å². The van der Waals surface area contributed by atoms with Crippen LogP contribution in [0, 0.1) is 0 Å². The number of aryl methyl sites for hydroxylation is 1. The van der Waals surface area contributed by atoms with E-state index in [1.165, 1.54) is 24.1 Å². The van der Waals surface area contributed by atoms with Crippen molar-refractivity contribution in [3.63, 3.8) is 0 Å². The monoisotopic (exact) mass is 283 g/mol. The highest BCUT2D eigenvalue weighted by Gasteiger charge is 2.16. The molecule has 21 heavy (non-hydrogen) atoms. The van der Waals surface area contributed by atoms with Crippen LogP contribution in [0.4, 0.5) is 5.69 Å². The zero-order valence-corrected chi connectivity index (χ0v) is 12.4. The molecule has 1 N–H and O–H groups in total. The van der Waals surface area contributed by atoms with Gasteiger partial charge < -0.3 is 14.7 Å². The third-order valence-corrected chi connectivity index (χ3v) is 4.10. The second kappa shape index (κ2) is 6.08. The molecule has 1 aliphatic heterocycles. The molecule has 0 saturated heterocycles. The molecule has 3 rings (SSSR count). The van der Waals surface area contributed by atoms with Crippen molar-refractivity contribution in [2.24, 2.45) is 0 Å². The Hall–Kier alpha value is -2.16. The number of methoxy groups -OCH3 is 1. The average molecular weight is 283 g/mol. The molecule has 0 bridgehead atoms. The van der Waals surface area contributed by atoms with Gasteiger partial charge in [0.15, 0.2) is 0 Å². The fraction of sp³-hybridized carbons (Fsp3) is 0.333. The van der Waals surface area contributed by atoms with E-state index in [0.29, 0.717) is 12.3 Å². The Morgan fingerprint density at radius 2 is 2.00 bits per heavy atom. The van der Waals surface area contributed by atoms with Gasteiger partial charge in [0, 0.05) is 24.3 Å². The Balaban J connectivity index is 1.91. The molecular weight excluding hydrogens is 262 g/mol. The van der Waals surface area contributed by atoms with Gasteiger partial charge in [0.25, 0.3) is 0 Å². The molecule has 0 amide bonds.